The van der Waals surface area contributed by atoms with Crippen molar-refractivity contribution < 1.29 is 13.9 Å². The molecule has 8 heteroatoms. The number of anilines is 2. The lowest BCUT2D eigenvalue weighted by Crippen LogP contribution is -2.35. The van der Waals surface area contributed by atoms with E-state index in [0.29, 0.717) is 23.7 Å². The van der Waals surface area contributed by atoms with Gasteiger partial charge in [-0.2, -0.15) is 5.10 Å². The van der Waals surface area contributed by atoms with E-state index in [1.165, 1.54) is 29.5 Å². The number of fused-ring (bicyclic) bond motifs is 1. The second-order valence-electron chi connectivity index (χ2n) is 7.55. The van der Waals surface area contributed by atoms with E-state index < -0.39 is 5.82 Å². The van der Waals surface area contributed by atoms with Gasteiger partial charge >= 0.3 is 6.03 Å². The number of nitrogens with one attached hydrogen (secondary N) is 1. The number of carbonyl (C=O) groups excluding carboxylic acids is 1. The van der Waals surface area contributed by atoms with Crippen LogP contribution >= 0.6 is 11.6 Å². The molecular weight excluding hydrogens is 419 g/mol. The van der Waals surface area contributed by atoms with Crippen molar-refractivity contribution in [1.82, 2.24) is 9.78 Å². The number of aromatic nitrogens is 2. The Labute approximate surface area is 185 Å². The number of hydrogen-bond donors (Lipinski definition) is 1. The van der Waals surface area contributed by atoms with Gasteiger partial charge in [0.25, 0.3) is 0 Å². The van der Waals surface area contributed by atoms with Gasteiger partial charge in [0, 0.05) is 24.1 Å². The lowest BCUT2D eigenvalue weighted by atomic mass is 9.95. The van der Waals surface area contributed by atoms with Gasteiger partial charge in [-0.3, -0.25) is 9.58 Å². The topological polar surface area (TPSA) is 59.4 Å². The molecule has 1 aromatic heterocycles. The van der Waals surface area contributed by atoms with Crippen LogP contribution in [0.5, 0.6) is 5.75 Å². The molecule has 1 aliphatic rings. The molecular formula is C23H24ClFN4O2. The Morgan fingerprint density at radius 3 is 2.68 bits per heavy atom. The Morgan fingerprint density at radius 1 is 1.23 bits per heavy atom. The summed E-state index contributed by atoms with van der Waals surface area (Å²) < 4.78 is 20.7. The van der Waals surface area contributed by atoms with Crippen molar-refractivity contribution in [2.24, 2.45) is 7.05 Å². The number of rotatable bonds is 5. The maximum Gasteiger partial charge on any atom is 0.326 e. The van der Waals surface area contributed by atoms with Gasteiger partial charge in [-0.15, -0.1) is 0 Å². The number of urea groups is 1. The summed E-state index contributed by atoms with van der Waals surface area (Å²) in [6.45, 7) is 0.316. The smallest absolute Gasteiger partial charge is 0.326 e. The van der Waals surface area contributed by atoms with Crippen LogP contribution in [0.15, 0.2) is 42.5 Å². The zero-order valence-electron chi connectivity index (χ0n) is 17.5. The second kappa shape index (κ2) is 8.98. The van der Waals surface area contributed by atoms with Gasteiger partial charge in [-0.1, -0.05) is 11.6 Å². The molecule has 31 heavy (non-hydrogen) atoms. The standard InChI is InChI=1S/C23H24ClFN4O2/c1-28-22-6-4-3-5-18(22)21(27-28)14-29(16-8-10-17(31-2)11-9-16)23(30)26-15-7-12-20(25)19(24)13-15/h7-13H,3-6,14H2,1-2H3,(H,26,30). The number of ether oxygens (including phenoxy) is 1. The minimum atomic E-state index is -0.535. The quantitative estimate of drug-likeness (QED) is 0.580. The van der Waals surface area contributed by atoms with Crippen molar-refractivity contribution in [3.05, 3.63) is 70.3 Å². The summed E-state index contributed by atoms with van der Waals surface area (Å²) in [5, 5.41) is 7.47. The fraction of sp³-hybridized carbons (Fsp3) is 0.304. The van der Waals surface area contributed by atoms with Crippen LogP contribution in [0.3, 0.4) is 0 Å². The fourth-order valence-corrected chi connectivity index (χ4v) is 4.12. The van der Waals surface area contributed by atoms with Crippen molar-refractivity contribution in [2.75, 3.05) is 17.3 Å². The zero-order valence-corrected chi connectivity index (χ0v) is 18.2. The summed E-state index contributed by atoms with van der Waals surface area (Å²) in [4.78, 5) is 14.9. The summed E-state index contributed by atoms with van der Waals surface area (Å²) >= 11 is 5.87. The molecule has 0 saturated heterocycles. The highest BCUT2D eigenvalue weighted by atomic mass is 35.5. The molecule has 0 bridgehead atoms. The Balaban J connectivity index is 1.65. The van der Waals surface area contributed by atoms with Gasteiger partial charge in [0.05, 0.1) is 24.4 Å². The molecule has 1 N–H and O–H groups in total. The van der Waals surface area contributed by atoms with Crippen molar-refractivity contribution in [3.63, 3.8) is 0 Å². The average molecular weight is 443 g/mol. The predicted octanol–water partition coefficient (Wildman–Crippen LogP) is 5.34. The van der Waals surface area contributed by atoms with Crippen LogP contribution in [0.2, 0.25) is 5.02 Å². The maximum absolute atomic E-state index is 13.5. The van der Waals surface area contributed by atoms with E-state index in [1.807, 2.05) is 23.9 Å². The summed E-state index contributed by atoms with van der Waals surface area (Å²) in [6.07, 6.45) is 4.24. The second-order valence-corrected chi connectivity index (χ2v) is 7.95. The molecule has 2 aromatic carbocycles. The zero-order chi connectivity index (χ0) is 22.0. The lowest BCUT2D eigenvalue weighted by molar-refractivity contribution is 0.256. The first kappa shape index (κ1) is 21.2. The molecule has 0 aliphatic heterocycles. The van der Waals surface area contributed by atoms with Crippen molar-refractivity contribution >= 4 is 29.0 Å². The number of aryl methyl sites for hydroxylation is 1. The fourth-order valence-electron chi connectivity index (χ4n) is 3.94. The molecule has 0 atom stereocenters. The number of nitrogens with zero attached hydrogens (tertiary/aromatic N) is 3. The van der Waals surface area contributed by atoms with Crippen molar-refractivity contribution in [3.8, 4) is 5.75 Å². The van der Waals surface area contributed by atoms with Crippen LogP contribution in [-0.4, -0.2) is 22.9 Å². The van der Waals surface area contributed by atoms with Crippen LogP contribution in [0.4, 0.5) is 20.6 Å². The van der Waals surface area contributed by atoms with E-state index in [0.717, 1.165) is 31.4 Å². The van der Waals surface area contributed by atoms with Crippen LogP contribution in [-0.2, 0) is 26.4 Å². The molecule has 0 spiro atoms. The Bertz CT molecular complexity index is 1100. The summed E-state index contributed by atoms with van der Waals surface area (Å²) in [5.74, 6) is 0.163. The number of halogens is 2. The van der Waals surface area contributed by atoms with Crippen LogP contribution < -0.4 is 15.0 Å². The third kappa shape index (κ3) is 4.51. The molecule has 162 valence electrons. The summed E-state index contributed by atoms with van der Waals surface area (Å²) in [7, 11) is 3.55. The molecule has 0 radical (unpaired) electrons. The normalized spacial score (nSPS) is 12.9. The van der Waals surface area contributed by atoms with Crippen molar-refractivity contribution in [1.29, 1.82) is 0 Å². The molecule has 1 heterocycles. The molecule has 3 aromatic rings. The minimum absolute atomic E-state index is 0.0485. The highest BCUT2D eigenvalue weighted by Gasteiger charge is 2.24. The van der Waals surface area contributed by atoms with Crippen LogP contribution in [0.1, 0.15) is 29.8 Å². The lowest BCUT2D eigenvalue weighted by Gasteiger charge is -2.24. The van der Waals surface area contributed by atoms with Crippen molar-refractivity contribution in [2.45, 2.75) is 32.2 Å². The SMILES string of the molecule is COc1ccc(N(Cc2nn(C)c3c2CCCC3)C(=O)Nc2ccc(F)c(Cl)c2)cc1. The molecule has 6 nitrogen and oxygen atoms in total. The van der Waals surface area contributed by atoms with Gasteiger partial charge in [0.15, 0.2) is 0 Å². The number of methoxy groups -OCH3 is 1. The van der Waals surface area contributed by atoms with E-state index in [2.05, 4.69) is 5.32 Å². The third-order valence-electron chi connectivity index (χ3n) is 5.56. The molecule has 1 aliphatic carbocycles. The number of carbonyl (C=O) groups is 1. The van der Waals surface area contributed by atoms with E-state index in [9.17, 15) is 9.18 Å². The first-order chi connectivity index (χ1) is 15.0. The highest BCUT2D eigenvalue weighted by Crippen LogP contribution is 2.28. The largest absolute Gasteiger partial charge is 0.497 e. The number of hydrogen-bond acceptors (Lipinski definition) is 3. The molecule has 0 saturated carbocycles. The van der Waals surface area contributed by atoms with Gasteiger partial charge in [-0.25, -0.2) is 9.18 Å². The highest BCUT2D eigenvalue weighted by molar-refractivity contribution is 6.31. The number of amides is 2. The predicted molar refractivity (Wildman–Crippen MR) is 119 cm³/mol. The van der Waals surface area contributed by atoms with E-state index in [4.69, 9.17) is 21.4 Å². The van der Waals surface area contributed by atoms with E-state index in [-0.39, 0.29) is 11.1 Å². The van der Waals surface area contributed by atoms with Gasteiger partial charge in [-0.05, 0) is 73.7 Å². The first-order valence-electron chi connectivity index (χ1n) is 10.2. The first-order valence-corrected chi connectivity index (χ1v) is 10.6. The Morgan fingerprint density at radius 2 is 1.97 bits per heavy atom. The maximum atomic E-state index is 13.5. The van der Waals surface area contributed by atoms with E-state index >= 15 is 0 Å². The van der Waals surface area contributed by atoms with Crippen LogP contribution in [0, 0.1) is 5.82 Å². The minimum Gasteiger partial charge on any atom is -0.497 e. The van der Waals surface area contributed by atoms with Gasteiger partial charge in [0.2, 0.25) is 0 Å². The molecule has 4 rings (SSSR count). The van der Waals surface area contributed by atoms with Gasteiger partial charge < -0.3 is 10.1 Å². The summed E-state index contributed by atoms with van der Waals surface area (Å²) in [5.41, 5.74) is 4.46. The van der Waals surface area contributed by atoms with E-state index in [1.54, 1.807) is 24.1 Å². The number of benzene rings is 2. The third-order valence-corrected chi connectivity index (χ3v) is 5.85. The molecule has 0 unspecified atom stereocenters. The summed E-state index contributed by atoms with van der Waals surface area (Å²) in [6, 6.07) is 11.0. The van der Waals surface area contributed by atoms with Gasteiger partial charge in [0.1, 0.15) is 11.6 Å². The molecule has 0 fully saturated rings. The Kier molecular flexibility index (Phi) is 6.13. The molecule has 2 amide bonds. The van der Waals surface area contributed by atoms with Crippen LogP contribution in [0.25, 0.3) is 0 Å². The Hall–Kier alpha value is -3.06. The monoisotopic (exact) mass is 442 g/mol. The average Bonchev–Trinajstić information content (AvgIpc) is 3.10.